The summed E-state index contributed by atoms with van der Waals surface area (Å²) in [7, 11) is 4.05. The second-order valence-electron chi connectivity index (χ2n) is 6.55. The third kappa shape index (κ3) is 4.09. The molecule has 0 saturated carbocycles. The van der Waals surface area contributed by atoms with Crippen LogP contribution < -0.4 is 4.90 Å². The normalized spacial score (nSPS) is 11.5. The summed E-state index contributed by atoms with van der Waals surface area (Å²) in [6, 6.07) is 7.37. The molecule has 2 aromatic heterocycles. The van der Waals surface area contributed by atoms with Gasteiger partial charge in [0.25, 0.3) is 5.91 Å². The minimum absolute atomic E-state index is 0.0803. The van der Waals surface area contributed by atoms with E-state index in [4.69, 9.17) is 16.0 Å². The molecule has 0 unspecified atom stereocenters. The van der Waals surface area contributed by atoms with Crippen molar-refractivity contribution in [3.63, 3.8) is 0 Å². The van der Waals surface area contributed by atoms with Gasteiger partial charge in [-0.3, -0.25) is 9.69 Å². The zero-order valence-corrected chi connectivity index (χ0v) is 16.9. The molecular weight excluding hydrogens is 370 g/mol. The lowest BCUT2D eigenvalue weighted by Gasteiger charge is -2.20. The van der Waals surface area contributed by atoms with Crippen LogP contribution in [0.2, 0.25) is 5.02 Å². The Labute approximate surface area is 162 Å². The Morgan fingerprint density at radius 2 is 2.00 bits per heavy atom. The van der Waals surface area contributed by atoms with Gasteiger partial charge in [0, 0.05) is 11.6 Å². The predicted molar refractivity (Wildman–Crippen MR) is 108 cm³/mol. The Morgan fingerprint density at radius 1 is 1.23 bits per heavy atom. The molecule has 0 radical (unpaired) electrons. The summed E-state index contributed by atoms with van der Waals surface area (Å²) >= 11 is 7.57. The van der Waals surface area contributed by atoms with E-state index in [1.807, 2.05) is 46.1 Å². The molecule has 1 amide bonds. The number of thiazole rings is 1. The van der Waals surface area contributed by atoms with Gasteiger partial charge >= 0.3 is 0 Å². The van der Waals surface area contributed by atoms with Gasteiger partial charge in [0.1, 0.15) is 11.5 Å². The third-order valence-electron chi connectivity index (χ3n) is 4.07. The number of halogens is 1. The average Bonchev–Trinajstić information content (AvgIpc) is 3.12. The van der Waals surface area contributed by atoms with Gasteiger partial charge in [-0.2, -0.15) is 0 Å². The first-order valence-electron chi connectivity index (χ1n) is 8.45. The molecule has 3 aromatic rings. The van der Waals surface area contributed by atoms with Crippen molar-refractivity contribution in [3.05, 3.63) is 46.4 Å². The Bertz CT molecular complexity index is 932. The number of nitrogens with zero attached hydrogens (tertiary/aromatic N) is 3. The molecule has 0 atom stereocenters. The number of aryl methyl sites for hydroxylation is 2. The van der Waals surface area contributed by atoms with Gasteiger partial charge in [0.15, 0.2) is 5.13 Å². The van der Waals surface area contributed by atoms with E-state index in [1.165, 1.54) is 11.3 Å². The van der Waals surface area contributed by atoms with Crippen molar-refractivity contribution in [1.82, 2.24) is 9.88 Å². The average molecular weight is 392 g/mol. The van der Waals surface area contributed by atoms with Crippen LogP contribution in [0.15, 0.2) is 28.7 Å². The number of furan rings is 1. The van der Waals surface area contributed by atoms with Crippen LogP contribution in [0, 0.1) is 13.8 Å². The summed E-state index contributed by atoms with van der Waals surface area (Å²) < 4.78 is 6.52. The fraction of sp³-hybridized carbons (Fsp3) is 0.368. The fourth-order valence-electron chi connectivity index (χ4n) is 2.82. The number of carbonyl (C=O) groups is 1. The SMILES string of the molecule is Cc1cc(C(=O)N(CCCN(C)C)c2nc3ccc(Cl)cc3s2)c(C)o1. The van der Waals surface area contributed by atoms with E-state index in [0.29, 0.717) is 28.0 Å². The molecule has 26 heavy (non-hydrogen) atoms. The number of carbonyl (C=O) groups excluding carboxylic acids is 1. The summed E-state index contributed by atoms with van der Waals surface area (Å²) in [4.78, 5) is 21.7. The van der Waals surface area contributed by atoms with Crippen LogP contribution in [0.5, 0.6) is 0 Å². The molecule has 1 aromatic carbocycles. The van der Waals surface area contributed by atoms with Crippen molar-refractivity contribution in [1.29, 1.82) is 0 Å². The quantitative estimate of drug-likeness (QED) is 0.608. The number of fused-ring (bicyclic) bond motifs is 1. The third-order valence-corrected chi connectivity index (χ3v) is 5.35. The molecule has 0 aliphatic carbocycles. The molecular formula is C19H22ClN3O2S. The van der Waals surface area contributed by atoms with Gasteiger partial charge in [0.05, 0.1) is 15.8 Å². The van der Waals surface area contributed by atoms with Gasteiger partial charge in [-0.25, -0.2) is 4.98 Å². The highest BCUT2D eigenvalue weighted by Crippen LogP contribution is 2.32. The number of aromatic nitrogens is 1. The molecule has 0 aliphatic rings. The van der Waals surface area contributed by atoms with E-state index in [-0.39, 0.29) is 5.91 Å². The second kappa shape index (κ2) is 7.78. The van der Waals surface area contributed by atoms with E-state index in [2.05, 4.69) is 9.88 Å². The second-order valence-corrected chi connectivity index (χ2v) is 7.99. The lowest BCUT2D eigenvalue weighted by atomic mass is 10.2. The summed E-state index contributed by atoms with van der Waals surface area (Å²) in [5.74, 6) is 1.28. The zero-order valence-electron chi connectivity index (χ0n) is 15.4. The first-order valence-corrected chi connectivity index (χ1v) is 9.64. The maximum Gasteiger partial charge on any atom is 0.263 e. The highest BCUT2D eigenvalue weighted by Gasteiger charge is 2.24. The van der Waals surface area contributed by atoms with Crippen LogP contribution in [0.3, 0.4) is 0 Å². The number of anilines is 1. The Kier molecular flexibility index (Phi) is 5.65. The van der Waals surface area contributed by atoms with Crippen molar-refractivity contribution in [2.75, 3.05) is 32.1 Å². The van der Waals surface area contributed by atoms with E-state index < -0.39 is 0 Å². The van der Waals surface area contributed by atoms with Crippen molar-refractivity contribution in [3.8, 4) is 0 Å². The molecule has 7 heteroatoms. The standard InChI is InChI=1S/C19H22ClN3O2S/c1-12-10-15(13(2)25-12)18(24)23(9-5-8-22(3)4)19-21-16-7-6-14(20)11-17(16)26-19/h6-7,10-11H,5,8-9H2,1-4H3. The van der Waals surface area contributed by atoms with Crippen LogP contribution in [0.1, 0.15) is 28.3 Å². The monoisotopic (exact) mass is 391 g/mol. The Morgan fingerprint density at radius 3 is 2.65 bits per heavy atom. The molecule has 0 saturated heterocycles. The molecule has 0 spiro atoms. The minimum Gasteiger partial charge on any atom is -0.466 e. The summed E-state index contributed by atoms with van der Waals surface area (Å²) in [6.07, 6.45) is 0.852. The minimum atomic E-state index is -0.0803. The lowest BCUT2D eigenvalue weighted by molar-refractivity contribution is 0.0984. The van der Waals surface area contributed by atoms with E-state index in [9.17, 15) is 4.79 Å². The van der Waals surface area contributed by atoms with Gasteiger partial charge in [-0.15, -0.1) is 0 Å². The molecule has 138 valence electrons. The molecule has 0 N–H and O–H groups in total. The van der Waals surface area contributed by atoms with E-state index in [0.717, 1.165) is 28.9 Å². The summed E-state index contributed by atoms with van der Waals surface area (Å²) in [5.41, 5.74) is 1.43. The van der Waals surface area contributed by atoms with E-state index >= 15 is 0 Å². The number of hydrogen-bond donors (Lipinski definition) is 0. The zero-order chi connectivity index (χ0) is 18.8. The van der Waals surface area contributed by atoms with Crippen LogP contribution in [-0.2, 0) is 0 Å². The van der Waals surface area contributed by atoms with Crippen LogP contribution in [0.25, 0.3) is 10.2 Å². The fourth-order valence-corrected chi connectivity index (χ4v) is 4.09. The Balaban J connectivity index is 1.95. The summed E-state index contributed by atoms with van der Waals surface area (Å²) in [6.45, 7) is 5.15. The number of benzene rings is 1. The smallest absolute Gasteiger partial charge is 0.263 e. The first kappa shape index (κ1) is 18.9. The molecule has 3 rings (SSSR count). The largest absolute Gasteiger partial charge is 0.466 e. The van der Waals surface area contributed by atoms with Crippen molar-refractivity contribution < 1.29 is 9.21 Å². The topological polar surface area (TPSA) is 49.6 Å². The van der Waals surface area contributed by atoms with Gasteiger partial charge in [-0.1, -0.05) is 22.9 Å². The van der Waals surface area contributed by atoms with Gasteiger partial charge in [0.2, 0.25) is 0 Å². The first-order chi connectivity index (χ1) is 12.3. The number of rotatable bonds is 6. The molecule has 0 aliphatic heterocycles. The van der Waals surface area contributed by atoms with Crippen LogP contribution in [0.4, 0.5) is 5.13 Å². The maximum atomic E-state index is 13.2. The maximum absolute atomic E-state index is 13.2. The number of hydrogen-bond acceptors (Lipinski definition) is 5. The molecule has 5 nitrogen and oxygen atoms in total. The predicted octanol–water partition coefficient (Wildman–Crippen LogP) is 4.76. The van der Waals surface area contributed by atoms with Crippen molar-refractivity contribution in [2.45, 2.75) is 20.3 Å². The van der Waals surface area contributed by atoms with Gasteiger partial charge < -0.3 is 9.32 Å². The van der Waals surface area contributed by atoms with Gasteiger partial charge in [-0.05, 0) is 65.2 Å². The Hall–Kier alpha value is -1.89. The van der Waals surface area contributed by atoms with Crippen molar-refractivity contribution in [2.24, 2.45) is 0 Å². The van der Waals surface area contributed by atoms with Crippen LogP contribution >= 0.6 is 22.9 Å². The highest BCUT2D eigenvalue weighted by molar-refractivity contribution is 7.22. The van der Waals surface area contributed by atoms with Crippen molar-refractivity contribution >= 4 is 44.2 Å². The van der Waals surface area contributed by atoms with E-state index in [1.54, 1.807) is 11.0 Å². The molecule has 0 fully saturated rings. The number of amides is 1. The summed E-state index contributed by atoms with van der Waals surface area (Å²) in [5, 5.41) is 1.35. The molecule has 0 bridgehead atoms. The van der Waals surface area contributed by atoms with Crippen LogP contribution in [-0.4, -0.2) is 43.0 Å². The highest BCUT2D eigenvalue weighted by atomic mass is 35.5. The molecule has 2 heterocycles. The lowest BCUT2D eigenvalue weighted by Crippen LogP contribution is -2.33.